The molecule has 0 saturated carbocycles. The minimum absolute atomic E-state index is 0.337. The van der Waals surface area contributed by atoms with Crippen LogP contribution in [-0.2, 0) is 0 Å². The van der Waals surface area contributed by atoms with E-state index >= 15 is 0 Å². The monoisotopic (exact) mass is 280 g/mol. The van der Waals surface area contributed by atoms with E-state index in [0.717, 1.165) is 49.6 Å². The van der Waals surface area contributed by atoms with Gasteiger partial charge in [-0.05, 0) is 19.3 Å². The number of hydrogen-bond donors (Lipinski definition) is 1. The fourth-order valence-corrected chi connectivity index (χ4v) is 3.41. The Hall–Kier alpha value is -1.24. The van der Waals surface area contributed by atoms with E-state index in [1.807, 2.05) is 11.8 Å². The quantitative estimate of drug-likeness (QED) is 0.866. The first-order chi connectivity index (χ1) is 9.33. The largest absolute Gasteiger partial charge is 0.368 e. The van der Waals surface area contributed by atoms with Crippen LogP contribution in [0.15, 0.2) is 0 Å². The molecule has 0 amide bonds. The Morgan fingerprint density at radius 1 is 0.789 bits per heavy atom. The molecule has 1 aromatic heterocycles. The first-order valence-corrected chi connectivity index (χ1v) is 8.07. The lowest BCUT2D eigenvalue weighted by molar-refractivity contribution is 0.567. The van der Waals surface area contributed by atoms with Gasteiger partial charge >= 0.3 is 0 Å². The third-order valence-electron chi connectivity index (χ3n) is 3.56. The molecule has 0 bridgehead atoms. The molecule has 2 N–H and O–H groups in total. The van der Waals surface area contributed by atoms with Gasteiger partial charge in [0.05, 0.1) is 0 Å². The summed E-state index contributed by atoms with van der Waals surface area (Å²) >= 11 is 1.98. The van der Waals surface area contributed by atoms with E-state index < -0.39 is 0 Å². The van der Waals surface area contributed by atoms with Crippen LogP contribution in [0.1, 0.15) is 19.3 Å². The third kappa shape index (κ3) is 3.02. The lowest BCUT2D eigenvalue weighted by atomic mass is 10.1. The molecule has 6 nitrogen and oxygen atoms in total. The van der Waals surface area contributed by atoms with Crippen molar-refractivity contribution in [3.05, 3.63) is 0 Å². The topological polar surface area (TPSA) is 71.2 Å². The van der Waals surface area contributed by atoms with E-state index in [1.165, 1.54) is 19.3 Å². The second kappa shape index (κ2) is 5.81. The number of piperidine rings is 1. The first-order valence-electron chi connectivity index (χ1n) is 6.92. The molecule has 1 aromatic rings. The smallest absolute Gasteiger partial charge is 0.232 e. The average Bonchev–Trinajstić information content (AvgIpc) is 2.48. The number of thioether (sulfide) groups is 1. The molecule has 7 heteroatoms. The number of nitrogens with two attached hydrogens (primary N) is 1. The summed E-state index contributed by atoms with van der Waals surface area (Å²) in [5.74, 6) is 4.09. The van der Waals surface area contributed by atoms with Gasteiger partial charge in [-0.25, -0.2) is 0 Å². The Kier molecular flexibility index (Phi) is 3.91. The van der Waals surface area contributed by atoms with Crippen molar-refractivity contribution in [2.24, 2.45) is 0 Å². The average molecular weight is 280 g/mol. The summed E-state index contributed by atoms with van der Waals surface area (Å²) in [4.78, 5) is 17.7. The summed E-state index contributed by atoms with van der Waals surface area (Å²) in [6.45, 7) is 4.04. The van der Waals surface area contributed by atoms with Gasteiger partial charge in [-0.2, -0.15) is 26.7 Å². The Labute approximate surface area is 117 Å². The molecule has 3 rings (SSSR count). The Morgan fingerprint density at radius 2 is 1.37 bits per heavy atom. The van der Waals surface area contributed by atoms with Crippen LogP contribution in [0.3, 0.4) is 0 Å². The minimum Gasteiger partial charge on any atom is -0.368 e. The molecule has 0 atom stereocenters. The summed E-state index contributed by atoms with van der Waals surface area (Å²) in [7, 11) is 0. The molecular formula is C12H20N6S. The van der Waals surface area contributed by atoms with Gasteiger partial charge in [0.1, 0.15) is 0 Å². The third-order valence-corrected chi connectivity index (χ3v) is 4.50. The van der Waals surface area contributed by atoms with Crippen LogP contribution in [0.4, 0.5) is 17.8 Å². The van der Waals surface area contributed by atoms with Crippen LogP contribution in [-0.4, -0.2) is 52.6 Å². The van der Waals surface area contributed by atoms with Crippen molar-refractivity contribution in [2.75, 3.05) is 53.2 Å². The van der Waals surface area contributed by atoms with E-state index in [9.17, 15) is 0 Å². The summed E-state index contributed by atoms with van der Waals surface area (Å²) in [6.07, 6.45) is 3.72. The van der Waals surface area contributed by atoms with Gasteiger partial charge in [0.15, 0.2) is 0 Å². The first kappa shape index (κ1) is 12.8. The molecular weight excluding hydrogens is 260 g/mol. The maximum absolute atomic E-state index is 5.85. The van der Waals surface area contributed by atoms with E-state index in [2.05, 4.69) is 24.8 Å². The Bertz CT molecular complexity index is 392. The van der Waals surface area contributed by atoms with E-state index in [4.69, 9.17) is 5.73 Å². The second-order valence-electron chi connectivity index (χ2n) is 4.94. The Balaban J connectivity index is 1.82. The maximum atomic E-state index is 5.85. The zero-order valence-electron chi connectivity index (χ0n) is 11.1. The summed E-state index contributed by atoms with van der Waals surface area (Å²) in [6, 6.07) is 0. The Morgan fingerprint density at radius 3 is 2.00 bits per heavy atom. The molecule has 0 spiro atoms. The zero-order valence-corrected chi connectivity index (χ0v) is 11.9. The zero-order chi connectivity index (χ0) is 13.1. The van der Waals surface area contributed by atoms with Gasteiger partial charge < -0.3 is 15.5 Å². The van der Waals surface area contributed by atoms with Crippen molar-refractivity contribution in [2.45, 2.75) is 19.3 Å². The highest BCUT2D eigenvalue weighted by Gasteiger charge is 2.19. The van der Waals surface area contributed by atoms with Gasteiger partial charge in [0.2, 0.25) is 17.8 Å². The van der Waals surface area contributed by atoms with Gasteiger partial charge in [-0.15, -0.1) is 0 Å². The van der Waals surface area contributed by atoms with Crippen molar-refractivity contribution in [3.8, 4) is 0 Å². The highest BCUT2D eigenvalue weighted by Crippen LogP contribution is 2.21. The summed E-state index contributed by atoms with van der Waals surface area (Å²) in [5.41, 5.74) is 5.85. The van der Waals surface area contributed by atoms with Crippen molar-refractivity contribution in [3.63, 3.8) is 0 Å². The lowest BCUT2D eigenvalue weighted by Gasteiger charge is -2.29. The summed E-state index contributed by atoms with van der Waals surface area (Å²) in [5, 5.41) is 0. The van der Waals surface area contributed by atoms with Crippen LogP contribution in [0.2, 0.25) is 0 Å². The molecule has 3 heterocycles. The van der Waals surface area contributed by atoms with Crippen LogP contribution in [0.5, 0.6) is 0 Å². The van der Waals surface area contributed by atoms with Crippen molar-refractivity contribution in [1.82, 2.24) is 15.0 Å². The molecule has 19 heavy (non-hydrogen) atoms. The predicted molar refractivity (Wildman–Crippen MR) is 79.8 cm³/mol. The van der Waals surface area contributed by atoms with Crippen molar-refractivity contribution < 1.29 is 0 Å². The van der Waals surface area contributed by atoms with Gasteiger partial charge in [0, 0.05) is 37.7 Å². The fourth-order valence-electron chi connectivity index (χ4n) is 2.51. The number of nitrogens with zero attached hydrogens (tertiary/aromatic N) is 5. The number of hydrogen-bond acceptors (Lipinski definition) is 7. The van der Waals surface area contributed by atoms with E-state index in [-0.39, 0.29) is 0 Å². The van der Waals surface area contributed by atoms with Crippen LogP contribution in [0.25, 0.3) is 0 Å². The standard InChI is InChI=1S/C12H20N6S/c13-10-14-11(17-4-2-1-3-5-17)16-12(15-10)18-6-8-19-9-7-18/h1-9H2,(H2,13,14,15,16). The fraction of sp³-hybridized carbons (Fsp3) is 0.750. The highest BCUT2D eigenvalue weighted by molar-refractivity contribution is 7.99. The lowest BCUT2D eigenvalue weighted by Crippen LogP contribution is -2.36. The molecule has 2 fully saturated rings. The molecule has 104 valence electrons. The SMILES string of the molecule is Nc1nc(N2CCCCC2)nc(N2CCSCC2)n1. The van der Waals surface area contributed by atoms with Gasteiger partial charge in [-0.1, -0.05) is 0 Å². The number of nitrogen functional groups attached to an aromatic ring is 1. The number of anilines is 3. The molecule has 0 unspecified atom stereocenters. The number of rotatable bonds is 2. The molecule has 0 radical (unpaired) electrons. The van der Waals surface area contributed by atoms with E-state index in [0.29, 0.717) is 5.95 Å². The van der Waals surface area contributed by atoms with Crippen LogP contribution >= 0.6 is 11.8 Å². The normalized spacial score (nSPS) is 20.6. The molecule has 0 aliphatic carbocycles. The molecule has 2 aliphatic rings. The van der Waals surface area contributed by atoms with Gasteiger partial charge in [0.25, 0.3) is 0 Å². The second-order valence-corrected chi connectivity index (χ2v) is 6.17. The van der Waals surface area contributed by atoms with Crippen molar-refractivity contribution >= 4 is 29.6 Å². The van der Waals surface area contributed by atoms with Crippen molar-refractivity contribution in [1.29, 1.82) is 0 Å². The summed E-state index contributed by atoms with van der Waals surface area (Å²) < 4.78 is 0. The maximum Gasteiger partial charge on any atom is 0.232 e. The number of aromatic nitrogens is 3. The van der Waals surface area contributed by atoms with Gasteiger partial charge in [-0.3, -0.25) is 0 Å². The van der Waals surface area contributed by atoms with Crippen LogP contribution in [0, 0.1) is 0 Å². The molecule has 2 saturated heterocycles. The molecule has 0 aromatic carbocycles. The predicted octanol–water partition coefficient (Wildman–Crippen LogP) is 0.997. The van der Waals surface area contributed by atoms with E-state index in [1.54, 1.807) is 0 Å². The highest BCUT2D eigenvalue weighted by atomic mass is 32.2. The van der Waals surface area contributed by atoms with Crippen LogP contribution < -0.4 is 15.5 Å². The molecule has 2 aliphatic heterocycles. The minimum atomic E-state index is 0.337.